The highest BCUT2D eigenvalue weighted by atomic mass is 16.5. The molecule has 1 aliphatic rings. The summed E-state index contributed by atoms with van der Waals surface area (Å²) in [4.78, 5) is 0. The van der Waals surface area contributed by atoms with Crippen molar-refractivity contribution in [2.24, 2.45) is 5.92 Å². The lowest BCUT2D eigenvalue weighted by Crippen LogP contribution is -2.27. The number of nitrogens with one attached hydrogen (secondary N) is 1. The molecule has 0 unspecified atom stereocenters. The Hall–Kier alpha value is -1.22. The number of hydrogen-bond acceptors (Lipinski definition) is 3. The van der Waals surface area contributed by atoms with Gasteiger partial charge in [-0.1, -0.05) is 12.1 Å². The molecule has 0 spiro atoms. The van der Waals surface area contributed by atoms with Crippen LogP contribution >= 0.6 is 0 Å². The lowest BCUT2D eigenvalue weighted by molar-refractivity contribution is 0.213. The van der Waals surface area contributed by atoms with Crippen LogP contribution in [0.5, 0.6) is 11.5 Å². The summed E-state index contributed by atoms with van der Waals surface area (Å²) < 4.78 is 11.3. The summed E-state index contributed by atoms with van der Waals surface area (Å²) in [5, 5.41) is 3.13. The van der Waals surface area contributed by atoms with Gasteiger partial charge in [-0.2, -0.15) is 0 Å². The first-order valence-corrected chi connectivity index (χ1v) is 4.89. The molecule has 2 rings (SSSR count). The summed E-state index contributed by atoms with van der Waals surface area (Å²) in [5.74, 6) is 2.13. The molecule has 3 nitrogen and oxygen atoms in total. The topological polar surface area (TPSA) is 30.5 Å². The largest absolute Gasteiger partial charge is 0.489 e. The van der Waals surface area contributed by atoms with Crippen molar-refractivity contribution in [3.05, 3.63) is 24.3 Å². The average molecular weight is 193 g/mol. The molecule has 14 heavy (non-hydrogen) atoms. The third kappa shape index (κ3) is 1.99. The van der Waals surface area contributed by atoms with Crippen LogP contribution in [0, 0.1) is 5.92 Å². The van der Waals surface area contributed by atoms with Crippen LogP contribution in [-0.4, -0.2) is 26.8 Å². The van der Waals surface area contributed by atoms with Crippen molar-refractivity contribution in [3.63, 3.8) is 0 Å². The number of benzene rings is 1. The monoisotopic (exact) mass is 193 g/mol. The molecule has 1 N–H and O–H groups in total. The molecule has 0 atom stereocenters. The van der Waals surface area contributed by atoms with E-state index >= 15 is 0 Å². The van der Waals surface area contributed by atoms with Crippen molar-refractivity contribution in [1.82, 2.24) is 5.32 Å². The van der Waals surface area contributed by atoms with E-state index in [1.54, 1.807) is 0 Å². The predicted molar refractivity (Wildman–Crippen MR) is 54.8 cm³/mol. The Balaban J connectivity index is 2.06. The Morgan fingerprint density at radius 1 is 1.21 bits per heavy atom. The highest BCUT2D eigenvalue weighted by molar-refractivity contribution is 5.39. The average Bonchev–Trinajstić information content (AvgIpc) is 2.42. The van der Waals surface area contributed by atoms with Crippen molar-refractivity contribution < 1.29 is 9.47 Å². The Kier molecular flexibility index (Phi) is 2.89. The molecule has 0 saturated heterocycles. The van der Waals surface area contributed by atoms with Crippen LogP contribution < -0.4 is 14.8 Å². The number of ether oxygens (including phenoxy) is 2. The third-order valence-corrected chi connectivity index (χ3v) is 2.29. The molecule has 1 aromatic rings. The fraction of sp³-hybridized carbons (Fsp3) is 0.455. The highest BCUT2D eigenvalue weighted by Gasteiger charge is 2.16. The fourth-order valence-corrected chi connectivity index (χ4v) is 1.56. The van der Waals surface area contributed by atoms with Gasteiger partial charge in [0, 0.05) is 12.5 Å². The zero-order chi connectivity index (χ0) is 9.80. The van der Waals surface area contributed by atoms with Crippen molar-refractivity contribution in [2.45, 2.75) is 0 Å². The molecular weight excluding hydrogens is 178 g/mol. The summed E-state index contributed by atoms with van der Waals surface area (Å²) in [7, 11) is 1.94. The normalized spacial score (nSPS) is 16.4. The summed E-state index contributed by atoms with van der Waals surface area (Å²) in [6.45, 7) is 2.36. The van der Waals surface area contributed by atoms with Crippen LogP contribution in [0.3, 0.4) is 0 Å². The van der Waals surface area contributed by atoms with E-state index in [9.17, 15) is 0 Å². The Morgan fingerprint density at radius 2 is 1.79 bits per heavy atom. The Bertz CT molecular complexity index is 274. The summed E-state index contributed by atoms with van der Waals surface area (Å²) in [6.07, 6.45) is 0. The van der Waals surface area contributed by atoms with Gasteiger partial charge in [0.05, 0.1) is 13.2 Å². The first kappa shape index (κ1) is 9.34. The van der Waals surface area contributed by atoms with E-state index in [1.165, 1.54) is 0 Å². The second-order valence-corrected chi connectivity index (χ2v) is 3.49. The predicted octanol–water partition coefficient (Wildman–Crippen LogP) is 1.29. The molecule has 0 saturated carbocycles. The van der Waals surface area contributed by atoms with E-state index in [2.05, 4.69) is 5.32 Å². The Morgan fingerprint density at radius 3 is 2.29 bits per heavy atom. The maximum atomic E-state index is 5.65. The van der Waals surface area contributed by atoms with E-state index < -0.39 is 0 Å². The molecule has 0 radical (unpaired) electrons. The first-order valence-electron chi connectivity index (χ1n) is 4.89. The van der Waals surface area contributed by atoms with Gasteiger partial charge >= 0.3 is 0 Å². The third-order valence-electron chi connectivity index (χ3n) is 2.29. The number of para-hydroxylation sites is 2. The van der Waals surface area contributed by atoms with Gasteiger partial charge in [-0.05, 0) is 19.2 Å². The molecule has 0 aliphatic carbocycles. The maximum absolute atomic E-state index is 5.65. The number of hydrogen-bond donors (Lipinski definition) is 1. The number of rotatable bonds is 2. The summed E-state index contributed by atoms with van der Waals surface area (Å²) >= 11 is 0. The van der Waals surface area contributed by atoms with Gasteiger partial charge in [0.1, 0.15) is 0 Å². The van der Waals surface area contributed by atoms with Gasteiger partial charge in [-0.15, -0.1) is 0 Å². The van der Waals surface area contributed by atoms with Crippen molar-refractivity contribution in [1.29, 1.82) is 0 Å². The molecule has 0 bridgehead atoms. The smallest absolute Gasteiger partial charge is 0.161 e. The van der Waals surface area contributed by atoms with Crippen LogP contribution in [0.2, 0.25) is 0 Å². The second kappa shape index (κ2) is 4.33. The minimum absolute atomic E-state index is 0.424. The minimum atomic E-state index is 0.424. The van der Waals surface area contributed by atoms with Crippen molar-refractivity contribution in [2.75, 3.05) is 26.8 Å². The summed E-state index contributed by atoms with van der Waals surface area (Å²) in [6, 6.07) is 7.80. The lowest BCUT2D eigenvalue weighted by Gasteiger charge is -2.11. The zero-order valence-corrected chi connectivity index (χ0v) is 8.32. The van der Waals surface area contributed by atoms with Crippen molar-refractivity contribution >= 4 is 0 Å². The van der Waals surface area contributed by atoms with Gasteiger partial charge in [-0.3, -0.25) is 0 Å². The maximum Gasteiger partial charge on any atom is 0.161 e. The van der Waals surface area contributed by atoms with Gasteiger partial charge < -0.3 is 14.8 Å². The van der Waals surface area contributed by atoms with E-state index in [4.69, 9.17) is 9.47 Å². The van der Waals surface area contributed by atoms with E-state index in [0.717, 1.165) is 31.3 Å². The fourth-order valence-electron chi connectivity index (χ4n) is 1.56. The van der Waals surface area contributed by atoms with Gasteiger partial charge in [-0.25, -0.2) is 0 Å². The SMILES string of the molecule is CNCC1COc2ccccc2OC1. The Labute approximate surface area is 84.0 Å². The zero-order valence-electron chi connectivity index (χ0n) is 8.32. The molecule has 1 aromatic carbocycles. The van der Waals surface area contributed by atoms with Gasteiger partial charge in [0.2, 0.25) is 0 Å². The highest BCUT2D eigenvalue weighted by Crippen LogP contribution is 2.29. The molecule has 76 valence electrons. The van der Waals surface area contributed by atoms with E-state index in [1.807, 2.05) is 31.3 Å². The molecule has 1 aliphatic heterocycles. The van der Waals surface area contributed by atoms with E-state index in [0.29, 0.717) is 5.92 Å². The van der Waals surface area contributed by atoms with Crippen LogP contribution in [0.15, 0.2) is 24.3 Å². The van der Waals surface area contributed by atoms with Crippen LogP contribution in [0.4, 0.5) is 0 Å². The molecule has 0 aromatic heterocycles. The molecule has 0 amide bonds. The molecule has 3 heteroatoms. The van der Waals surface area contributed by atoms with Crippen LogP contribution in [0.25, 0.3) is 0 Å². The quantitative estimate of drug-likeness (QED) is 0.767. The van der Waals surface area contributed by atoms with Crippen LogP contribution in [-0.2, 0) is 0 Å². The van der Waals surface area contributed by atoms with Gasteiger partial charge in [0.15, 0.2) is 11.5 Å². The molecule has 1 heterocycles. The summed E-state index contributed by atoms with van der Waals surface area (Å²) in [5.41, 5.74) is 0. The standard InChI is InChI=1S/C11H15NO2/c1-12-6-9-7-13-10-4-2-3-5-11(10)14-8-9/h2-5,9,12H,6-8H2,1H3. The van der Waals surface area contributed by atoms with Crippen LogP contribution in [0.1, 0.15) is 0 Å². The first-order chi connectivity index (χ1) is 6.90. The van der Waals surface area contributed by atoms with Crippen molar-refractivity contribution in [3.8, 4) is 11.5 Å². The molecule has 0 fully saturated rings. The second-order valence-electron chi connectivity index (χ2n) is 3.49. The number of fused-ring (bicyclic) bond motifs is 1. The minimum Gasteiger partial charge on any atom is -0.489 e. The molecular formula is C11H15NO2. The van der Waals surface area contributed by atoms with Gasteiger partial charge in [0.25, 0.3) is 0 Å². The van der Waals surface area contributed by atoms with E-state index in [-0.39, 0.29) is 0 Å². The lowest BCUT2D eigenvalue weighted by atomic mass is 10.2.